The van der Waals surface area contributed by atoms with Gasteiger partial charge < -0.3 is 24.3 Å². The molecule has 0 spiro atoms. The van der Waals surface area contributed by atoms with E-state index in [4.69, 9.17) is 0 Å². The molecule has 0 bridgehead atoms. The van der Waals surface area contributed by atoms with E-state index in [9.17, 15) is 22.4 Å². The number of halogens is 4. The topological polar surface area (TPSA) is 57.8 Å². The van der Waals surface area contributed by atoms with Gasteiger partial charge in [-0.3, -0.25) is 4.79 Å². The number of carbonyl (C=O) groups is 1. The molecule has 4 rings (SSSR count). The maximum absolute atomic E-state index is 13.2. The molecular weight excluding hydrogens is 490 g/mol. The third-order valence-electron chi connectivity index (χ3n) is 6.64. The zero-order valence-electron chi connectivity index (χ0n) is 20.6. The molecule has 1 N–H and O–H groups in total. The molecule has 1 unspecified atom stereocenters. The molecule has 37 heavy (non-hydrogen) atoms. The number of hydrogen-bond acceptors (Lipinski definition) is 4. The Morgan fingerprint density at radius 2 is 1.84 bits per heavy atom. The van der Waals surface area contributed by atoms with Crippen LogP contribution in [-0.2, 0) is 6.42 Å². The summed E-state index contributed by atoms with van der Waals surface area (Å²) in [6.45, 7) is -0.0759. The Morgan fingerprint density at radius 3 is 2.57 bits per heavy atom. The van der Waals surface area contributed by atoms with E-state index < -0.39 is 13.2 Å². The monoisotopic (exact) mass is 521 g/mol. The third kappa shape index (κ3) is 7.38. The predicted octanol–water partition coefficient (Wildman–Crippen LogP) is 5.79. The smallest absolute Gasteiger partial charge is 0.387 e. The van der Waals surface area contributed by atoms with E-state index in [0.29, 0.717) is 35.6 Å². The van der Waals surface area contributed by atoms with Gasteiger partial charge in [-0.25, -0.2) is 0 Å². The van der Waals surface area contributed by atoms with Crippen molar-refractivity contribution in [3.63, 3.8) is 0 Å². The molecule has 1 aromatic heterocycles. The van der Waals surface area contributed by atoms with Crippen LogP contribution in [0.1, 0.15) is 35.8 Å². The number of hydrogen-bond donors (Lipinski definition) is 1. The molecule has 1 aliphatic rings. The fourth-order valence-electron chi connectivity index (χ4n) is 4.91. The number of fused-ring (bicyclic) bond motifs is 1. The van der Waals surface area contributed by atoms with Crippen molar-refractivity contribution in [1.82, 2.24) is 14.8 Å². The zero-order chi connectivity index (χ0) is 26.4. The highest BCUT2D eigenvalue weighted by Gasteiger charge is 2.25. The molecule has 6 nitrogen and oxygen atoms in total. The number of piperidine rings is 1. The van der Waals surface area contributed by atoms with Gasteiger partial charge in [0, 0.05) is 37.1 Å². The van der Waals surface area contributed by atoms with Gasteiger partial charge in [-0.05, 0) is 80.6 Å². The minimum absolute atomic E-state index is 0.0448. The van der Waals surface area contributed by atoms with E-state index in [1.807, 2.05) is 13.0 Å². The minimum Gasteiger partial charge on any atom is -0.435 e. The number of amides is 1. The number of H-pyrrole nitrogens is 1. The van der Waals surface area contributed by atoms with Gasteiger partial charge in [0.1, 0.15) is 17.2 Å². The van der Waals surface area contributed by atoms with E-state index in [1.165, 1.54) is 18.2 Å². The van der Waals surface area contributed by atoms with Crippen molar-refractivity contribution in [2.45, 2.75) is 39.4 Å². The third-order valence-corrected chi connectivity index (χ3v) is 6.64. The fraction of sp³-hybridized carbons (Fsp3) is 0.444. The van der Waals surface area contributed by atoms with E-state index in [-0.39, 0.29) is 17.4 Å². The molecule has 2 aromatic carbocycles. The van der Waals surface area contributed by atoms with Crippen molar-refractivity contribution in [2.24, 2.45) is 5.92 Å². The number of carbonyl (C=O) groups excluding carboxylic acids is 1. The summed E-state index contributed by atoms with van der Waals surface area (Å²) < 4.78 is 59.0. The summed E-state index contributed by atoms with van der Waals surface area (Å²) >= 11 is 0. The van der Waals surface area contributed by atoms with Crippen LogP contribution in [0.3, 0.4) is 0 Å². The Bertz CT molecular complexity index is 1190. The molecule has 1 fully saturated rings. The van der Waals surface area contributed by atoms with Crippen LogP contribution in [0, 0.1) is 5.92 Å². The number of likely N-dealkylation sites (tertiary alicyclic amines) is 1. The van der Waals surface area contributed by atoms with Gasteiger partial charge in [0.25, 0.3) is 5.91 Å². The van der Waals surface area contributed by atoms with Crippen molar-refractivity contribution in [2.75, 3.05) is 32.7 Å². The largest absolute Gasteiger partial charge is 0.435 e. The van der Waals surface area contributed by atoms with Gasteiger partial charge in [-0.1, -0.05) is 12.1 Å². The van der Waals surface area contributed by atoms with Gasteiger partial charge in [-0.15, -0.1) is 0 Å². The second-order valence-corrected chi connectivity index (χ2v) is 9.24. The number of nitrogens with zero attached hydrogens (tertiary/aromatic N) is 2. The van der Waals surface area contributed by atoms with Gasteiger partial charge in [-0.2, -0.15) is 17.6 Å². The van der Waals surface area contributed by atoms with E-state index in [1.54, 1.807) is 29.2 Å². The van der Waals surface area contributed by atoms with E-state index in [2.05, 4.69) is 19.4 Å². The SMILES string of the molecule is CCN(CC1CCCN(CCc2cccc(OC(F)F)c2)C1)C(=O)c1cc2cc(OC(F)F)ccc2[nH]1. The van der Waals surface area contributed by atoms with Crippen LogP contribution in [0.25, 0.3) is 10.9 Å². The van der Waals surface area contributed by atoms with Crippen molar-refractivity contribution in [3.05, 3.63) is 59.8 Å². The van der Waals surface area contributed by atoms with Gasteiger partial charge in [0.2, 0.25) is 0 Å². The van der Waals surface area contributed by atoms with Crippen molar-refractivity contribution in [1.29, 1.82) is 0 Å². The summed E-state index contributed by atoms with van der Waals surface area (Å²) in [6, 6.07) is 13.0. The molecule has 10 heteroatoms. The van der Waals surface area contributed by atoms with Gasteiger partial charge in [0.05, 0.1) is 0 Å². The average molecular weight is 522 g/mol. The molecule has 0 radical (unpaired) electrons. The van der Waals surface area contributed by atoms with Crippen molar-refractivity contribution < 1.29 is 31.8 Å². The fourth-order valence-corrected chi connectivity index (χ4v) is 4.91. The Hall–Kier alpha value is -3.27. The molecular formula is C27H31F4N3O3. The first kappa shape index (κ1) is 26.8. The highest BCUT2D eigenvalue weighted by Crippen LogP contribution is 2.25. The van der Waals surface area contributed by atoms with Crippen LogP contribution in [0.4, 0.5) is 17.6 Å². The zero-order valence-corrected chi connectivity index (χ0v) is 20.6. The first-order valence-corrected chi connectivity index (χ1v) is 12.4. The molecule has 1 saturated heterocycles. The second-order valence-electron chi connectivity index (χ2n) is 9.24. The lowest BCUT2D eigenvalue weighted by molar-refractivity contribution is -0.0505. The van der Waals surface area contributed by atoms with Gasteiger partial charge in [0.15, 0.2) is 0 Å². The van der Waals surface area contributed by atoms with Crippen molar-refractivity contribution in [3.8, 4) is 11.5 Å². The highest BCUT2D eigenvalue weighted by atomic mass is 19.3. The van der Waals surface area contributed by atoms with Crippen LogP contribution in [-0.4, -0.2) is 66.6 Å². The van der Waals surface area contributed by atoms with Crippen LogP contribution in [0.2, 0.25) is 0 Å². The number of rotatable bonds is 11. The Morgan fingerprint density at radius 1 is 1.08 bits per heavy atom. The summed E-state index contributed by atoms with van der Waals surface area (Å²) in [4.78, 5) is 20.5. The molecule has 1 amide bonds. The predicted molar refractivity (Wildman–Crippen MR) is 132 cm³/mol. The van der Waals surface area contributed by atoms with Crippen LogP contribution in [0.15, 0.2) is 48.5 Å². The lowest BCUT2D eigenvalue weighted by Gasteiger charge is -2.35. The summed E-state index contributed by atoms with van der Waals surface area (Å²) in [5.74, 6) is 0.379. The number of nitrogens with one attached hydrogen (secondary N) is 1. The lowest BCUT2D eigenvalue weighted by atomic mass is 9.96. The lowest BCUT2D eigenvalue weighted by Crippen LogP contribution is -2.43. The van der Waals surface area contributed by atoms with Crippen LogP contribution >= 0.6 is 0 Å². The Labute approximate surface area is 213 Å². The molecule has 0 aliphatic carbocycles. The second kappa shape index (κ2) is 12.3. The molecule has 1 atom stereocenters. The first-order chi connectivity index (χ1) is 17.8. The number of ether oxygens (including phenoxy) is 2. The molecule has 0 saturated carbocycles. The average Bonchev–Trinajstić information content (AvgIpc) is 3.29. The maximum atomic E-state index is 13.2. The maximum Gasteiger partial charge on any atom is 0.387 e. The highest BCUT2D eigenvalue weighted by molar-refractivity contribution is 5.98. The summed E-state index contributed by atoms with van der Waals surface area (Å²) in [7, 11) is 0. The Balaban J connectivity index is 1.34. The van der Waals surface area contributed by atoms with Crippen LogP contribution < -0.4 is 9.47 Å². The summed E-state index contributed by atoms with van der Waals surface area (Å²) in [5.41, 5.74) is 2.02. The van der Waals surface area contributed by atoms with Crippen LogP contribution in [0.5, 0.6) is 11.5 Å². The molecule has 1 aliphatic heterocycles. The van der Waals surface area contributed by atoms with Crippen molar-refractivity contribution >= 4 is 16.8 Å². The standard InChI is InChI=1S/C27H31F4N3O3/c1-2-34(25(35)24-15-20-14-22(37-27(30)31)8-9-23(20)32-24)17-19-6-4-11-33(16-19)12-10-18-5-3-7-21(13-18)36-26(28)29/h3,5,7-9,13-15,19,26-27,32H,2,4,6,10-12,16-17H2,1H3. The number of alkyl halides is 4. The minimum atomic E-state index is -2.91. The first-order valence-electron chi connectivity index (χ1n) is 12.4. The number of aromatic amines is 1. The summed E-state index contributed by atoms with van der Waals surface area (Å²) in [5, 5.41) is 0.629. The van der Waals surface area contributed by atoms with Gasteiger partial charge >= 0.3 is 13.2 Å². The van der Waals surface area contributed by atoms with E-state index in [0.717, 1.165) is 44.5 Å². The van der Waals surface area contributed by atoms with E-state index >= 15 is 0 Å². The molecule has 200 valence electrons. The molecule has 3 aromatic rings. The number of aromatic nitrogens is 1. The number of benzene rings is 2. The summed E-state index contributed by atoms with van der Waals surface area (Å²) in [6.07, 6.45) is 2.75. The molecule has 2 heterocycles. The quantitative estimate of drug-likeness (QED) is 0.325. The normalized spacial score (nSPS) is 16.5. The Kier molecular flexibility index (Phi) is 8.91.